The van der Waals surface area contributed by atoms with Crippen LogP contribution >= 0.6 is 0 Å². The third-order valence-electron chi connectivity index (χ3n) is 8.09. The molecule has 194 valence electrons. The molecule has 0 aromatic heterocycles. The number of hydrogen-bond donors (Lipinski definition) is 0. The summed E-state index contributed by atoms with van der Waals surface area (Å²) in [5.41, 5.74) is 2.77. The SMILES string of the molecule is C=CC(Cc1ccccc1)(c1ccccc1)[N+](CCCCCC)(CCCCCC)CCCCCC. The highest BCUT2D eigenvalue weighted by atomic mass is 15.4. The molecule has 2 aromatic rings. The Kier molecular flexibility index (Phi) is 14.1. The molecular weight excluding hydrogens is 422 g/mol. The van der Waals surface area contributed by atoms with E-state index in [9.17, 15) is 0 Å². The Bertz CT molecular complexity index is 749. The van der Waals surface area contributed by atoms with Gasteiger partial charge in [0.15, 0.2) is 0 Å². The van der Waals surface area contributed by atoms with Crippen LogP contribution in [0.15, 0.2) is 73.3 Å². The van der Waals surface area contributed by atoms with Crippen molar-refractivity contribution in [2.45, 2.75) is 110 Å². The molecule has 0 aliphatic heterocycles. The lowest BCUT2D eigenvalue weighted by molar-refractivity contribution is -0.977. The van der Waals surface area contributed by atoms with Crippen LogP contribution in [0.4, 0.5) is 0 Å². The van der Waals surface area contributed by atoms with Gasteiger partial charge in [-0.05, 0) is 50.2 Å². The zero-order valence-corrected chi connectivity index (χ0v) is 23.3. The monoisotopic (exact) mass is 476 g/mol. The van der Waals surface area contributed by atoms with Crippen LogP contribution in [0.25, 0.3) is 0 Å². The van der Waals surface area contributed by atoms with Crippen LogP contribution in [-0.4, -0.2) is 24.1 Å². The van der Waals surface area contributed by atoms with Crippen LogP contribution in [0.5, 0.6) is 0 Å². The molecule has 0 heterocycles. The lowest BCUT2D eigenvalue weighted by atomic mass is 9.78. The van der Waals surface area contributed by atoms with Crippen LogP contribution < -0.4 is 0 Å². The van der Waals surface area contributed by atoms with E-state index in [1.807, 2.05) is 0 Å². The summed E-state index contributed by atoms with van der Waals surface area (Å²) in [5.74, 6) is 0. The number of benzene rings is 2. The van der Waals surface area contributed by atoms with E-state index in [4.69, 9.17) is 0 Å². The Morgan fingerprint density at radius 1 is 0.600 bits per heavy atom. The van der Waals surface area contributed by atoms with Crippen molar-refractivity contribution in [1.82, 2.24) is 0 Å². The fraction of sp³-hybridized carbons (Fsp3) is 0.588. The van der Waals surface area contributed by atoms with E-state index in [-0.39, 0.29) is 5.54 Å². The van der Waals surface area contributed by atoms with Crippen LogP contribution in [0, 0.1) is 0 Å². The van der Waals surface area contributed by atoms with Crippen molar-refractivity contribution < 1.29 is 4.48 Å². The quantitative estimate of drug-likeness (QED) is 0.101. The predicted molar refractivity (Wildman–Crippen MR) is 156 cm³/mol. The van der Waals surface area contributed by atoms with Gasteiger partial charge in [0.1, 0.15) is 5.54 Å². The van der Waals surface area contributed by atoms with Gasteiger partial charge in [0, 0.05) is 12.0 Å². The topological polar surface area (TPSA) is 0 Å². The normalized spacial score (nSPS) is 13.5. The molecule has 0 fully saturated rings. The Balaban J connectivity index is 2.58. The first-order valence-corrected chi connectivity index (χ1v) is 14.8. The second-order valence-electron chi connectivity index (χ2n) is 10.7. The minimum absolute atomic E-state index is 0.104. The van der Waals surface area contributed by atoms with Gasteiger partial charge in [-0.25, -0.2) is 0 Å². The van der Waals surface area contributed by atoms with Gasteiger partial charge in [0.25, 0.3) is 0 Å². The molecule has 2 aromatic carbocycles. The van der Waals surface area contributed by atoms with Gasteiger partial charge >= 0.3 is 0 Å². The number of unbranched alkanes of at least 4 members (excludes halogenated alkanes) is 9. The Morgan fingerprint density at radius 2 is 1.03 bits per heavy atom. The molecular formula is C34H54N+. The summed E-state index contributed by atoms with van der Waals surface area (Å²) in [6, 6.07) is 22.6. The summed E-state index contributed by atoms with van der Waals surface area (Å²) in [6.07, 6.45) is 19.3. The van der Waals surface area contributed by atoms with E-state index in [2.05, 4.69) is 94.1 Å². The average molecular weight is 477 g/mol. The first-order chi connectivity index (χ1) is 17.2. The third kappa shape index (κ3) is 8.64. The second-order valence-corrected chi connectivity index (χ2v) is 10.7. The van der Waals surface area contributed by atoms with Gasteiger partial charge in [0.05, 0.1) is 19.6 Å². The molecule has 0 saturated heterocycles. The zero-order valence-electron chi connectivity index (χ0n) is 23.3. The van der Waals surface area contributed by atoms with Crippen LogP contribution in [0.3, 0.4) is 0 Å². The summed E-state index contributed by atoms with van der Waals surface area (Å²) in [4.78, 5) is 0. The maximum Gasteiger partial charge on any atom is 0.147 e. The van der Waals surface area contributed by atoms with E-state index in [0.717, 1.165) is 10.9 Å². The van der Waals surface area contributed by atoms with Crippen molar-refractivity contribution in [1.29, 1.82) is 0 Å². The summed E-state index contributed by atoms with van der Waals surface area (Å²) in [7, 11) is 0. The fourth-order valence-corrected chi connectivity index (χ4v) is 6.02. The van der Waals surface area contributed by atoms with Gasteiger partial charge in [-0.1, -0.05) is 127 Å². The standard InChI is InChI=1S/C34H54N/c1-5-9-12-21-28-35(29-22-13-10-6-2,30-23-14-11-7-3)34(8-4,33-26-19-16-20-27-33)31-32-24-17-15-18-25-32/h8,15-20,24-27H,4-7,9-14,21-23,28-31H2,1-3H3/q+1. The van der Waals surface area contributed by atoms with E-state index in [0.29, 0.717) is 0 Å². The highest BCUT2D eigenvalue weighted by molar-refractivity contribution is 5.31. The molecule has 2 rings (SSSR count). The second kappa shape index (κ2) is 16.7. The van der Waals surface area contributed by atoms with Gasteiger partial charge in [0.2, 0.25) is 0 Å². The molecule has 0 aliphatic carbocycles. The summed E-state index contributed by atoms with van der Waals surface area (Å²) >= 11 is 0. The lowest BCUT2D eigenvalue weighted by Crippen LogP contribution is -2.64. The first-order valence-electron chi connectivity index (χ1n) is 14.8. The van der Waals surface area contributed by atoms with Crippen molar-refractivity contribution in [3.63, 3.8) is 0 Å². The smallest absolute Gasteiger partial charge is 0.147 e. The Morgan fingerprint density at radius 3 is 1.43 bits per heavy atom. The molecule has 0 saturated carbocycles. The molecule has 0 bridgehead atoms. The van der Waals surface area contributed by atoms with Gasteiger partial charge in [-0.15, -0.1) is 0 Å². The molecule has 1 atom stereocenters. The predicted octanol–water partition coefficient (Wildman–Crippen LogP) is 9.87. The average Bonchev–Trinajstić information content (AvgIpc) is 2.91. The minimum Gasteiger partial charge on any atom is -0.311 e. The van der Waals surface area contributed by atoms with Crippen LogP contribution in [0.1, 0.15) is 109 Å². The zero-order chi connectivity index (χ0) is 25.2. The number of rotatable bonds is 20. The van der Waals surface area contributed by atoms with Gasteiger partial charge in [-0.3, -0.25) is 0 Å². The number of nitrogens with zero attached hydrogens (tertiary/aromatic N) is 1. The molecule has 0 spiro atoms. The molecule has 0 amide bonds. The van der Waals surface area contributed by atoms with Crippen molar-refractivity contribution in [3.8, 4) is 0 Å². The molecule has 1 heteroatoms. The molecule has 35 heavy (non-hydrogen) atoms. The highest BCUT2D eigenvalue weighted by Gasteiger charge is 2.49. The molecule has 1 unspecified atom stereocenters. The number of hydrogen-bond acceptors (Lipinski definition) is 0. The first kappa shape index (κ1) is 29.4. The minimum atomic E-state index is -0.104. The largest absolute Gasteiger partial charge is 0.311 e. The number of quaternary nitrogens is 1. The molecule has 0 aliphatic rings. The molecule has 0 N–H and O–H groups in total. The highest BCUT2D eigenvalue weighted by Crippen LogP contribution is 2.42. The van der Waals surface area contributed by atoms with E-state index in [1.54, 1.807) is 0 Å². The van der Waals surface area contributed by atoms with Crippen molar-refractivity contribution in [3.05, 3.63) is 84.4 Å². The summed E-state index contributed by atoms with van der Waals surface area (Å²) in [6.45, 7) is 15.3. The van der Waals surface area contributed by atoms with Gasteiger partial charge in [-0.2, -0.15) is 0 Å². The summed E-state index contributed by atoms with van der Waals surface area (Å²) in [5, 5.41) is 0. The van der Waals surface area contributed by atoms with E-state index < -0.39 is 0 Å². The third-order valence-corrected chi connectivity index (χ3v) is 8.09. The van der Waals surface area contributed by atoms with Crippen molar-refractivity contribution in [2.24, 2.45) is 0 Å². The Hall–Kier alpha value is -1.86. The van der Waals surface area contributed by atoms with Crippen LogP contribution in [-0.2, 0) is 12.0 Å². The maximum atomic E-state index is 4.59. The van der Waals surface area contributed by atoms with Crippen molar-refractivity contribution in [2.75, 3.05) is 19.6 Å². The van der Waals surface area contributed by atoms with Crippen molar-refractivity contribution >= 4 is 0 Å². The lowest BCUT2D eigenvalue weighted by Gasteiger charge is -2.53. The Labute approximate surface area is 218 Å². The fourth-order valence-electron chi connectivity index (χ4n) is 6.02. The summed E-state index contributed by atoms with van der Waals surface area (Å²) < 4.78 is 1.16. The van der Waals surface area contributed by atoms with E-state index >= 15 is 0 Å². The molecule has 1 nitrogen and oxygen atoms in total. The van der Waals surface area contributed by atoms with Crippen LogP contribution in [0.2, 0.25) is 0 Å². The van der Waals surface area contributed by atoms with Gasteiger partial charge < -0.3 is 4.48 Å². The van der Waals surface area contributed by atoms with E-state index in [1.165, 1.54) is 108 Å². The maximum absolute atomic E-state index is 4.59. The molecule has 0 radical (unpaired) electrons.